The Hall–Kier alpha value is -1.63. The van der Waals surface area contributed by atoms with Gasteiger partial charge in [-0.15, -0.1) is 24.8 Å². The fraction of sp³-hybridized carbons (Fsp3) is 0.500. The fourth-order valence-electron chi connectivity index (χ4n) is 3.73. The van der Waals surface area contributed by atoms with E-state index >= 15 is 0 Å². The number of carbonyl (C=O) groups is 1. The van der Waals surface area contributed by atoms with E-state index in [-0.39, 0.29) is 36.5 Å². The zero-order valence-electron chi connectivity index (χ0n) is 16.2. The number of nitrogens with zero attached hydrogens (tertiary/aromatic N) is 2. The molecule has 5 nitrogen and oxygen atoms in total. The molecule has 8 heteroatoms. The Balaban J connectivity index is 0.00000196. The van der Waals surface area contributed by atoms with Crippen molar-refractivity contribution >= 4 is 30.7 Å². The summed E-state index contributed by atoms with van der Waals surface area (Å²) in [6, 6.07) is 5.87. The molecular formula is C20H29Cl2FN4O. The average Bonchev–Trinajstić information content (AvgIpc) is 3.06. The van der Waals surface area contributed by atoms with Gasteiger partial charge in [0, 0.05) is 25.9 Å². The molecule has 1 aromatic heterocycles. The summed E-state index contributed by atoms with van der Waals surface area (Å²) in [7, 11) is 1.87. The van der Waals surface area contributed by atoms with Crippen LogP contribution in [0.25, 0.3) is 0 Å². The Kier molecular flexibility index (Phi) is 9.93. The molecule has 0 radical (unpaired) electrons. The van der Waals surface area contributed by atoms with Crippen molar-refractivity contribution in [3.63, 3.8) is 0 Å². The molecule has 2 heterocycles. The molecule has 3 rings (SSSR count). The number of rotatable bonds is 6. The number of nitrogens with one attached hydrogen (secondary N) is 2. The van der Waals surface area contributed by atoms with Crippen LogP contribution in [0.5, 0.6) is 0 Å². The van der Waals surface area contributed by atoms with E-state index in [0.29, 0.717) is 29.6 Å². The Morgan fingerprint density at radius 2 is 2.07 bits per heavy atom. The second-order valence-electron chi connectivity index (χ2n) is 7.22. The van der Waals surface area contributed by atoms with Crippen molar-refractivity contribution in [3.05, 3.63) is 53.9 Å². The van der Waals surface area contributed by atoms with Gasteiger partial charge < -0.3 is 15.2 Å². The van der Waals surface area contributed by atoms with Crippen LogP contribution in [-0.2, 0) is 11.8 Å². The van der Waals surface area contributed by atoms with Crippen molar-refractivity contribution in [2.24, 2.45) is 18.9 Å². The summed E-state index contributed by atoms with van der Waals surface area (Å²) < 4.78 is 15.6. The molecule has 1 amide bonds. The lowest BCUT2D eigenvalue weighted by molar-refractivity contribution is -0.122. The topological polar surface area (TPSA) is 59.0 Å². The molecule has 0 bridgehead atoms. The van der Waals surface area contributed by atoms with Crippen LogP contribution in [0.3, 0.4) is 0 Å². The van der Waals surface area contributed by atoms with Crippen molar-refractivity contribution < 1.29 is 9.18 Å². The van der Waals surface area contributed by atoms with Gasteiger partial charge >= 0.3 is 0 Å². The van der Waals surface area contributed by atoms with Gasteiger partial charge in [0.25, 0.3) is 0 Å². The summed E-state index contributed by atoms with van der Waals surface area (Å²) in [5.74, 6) is 1.25. The third-order valence-electron chi connectivity index (χ3n) is 5.30. The molecule has 1 aromatic carbocycles. The lowest BCUT2D eigenvalue weighted by Gasteiger charge is -2.28. The number of imidazole rings is 1. The Bertz CT molecular complexity index is 749. The largest absolute Gasteiger partial charge is 0.342 e. The van der Waals surface area contributed by atoms with E-state index in [1.54, 1.807) is 12.3 Å². The first-order valence-corrected chi connectivity index (χ1v) is 9.27. The summed E-state index contributed by atoms with van der Waals surface area (Å²) in [6.45, 7) is 4.19. The van der Waals surface area contributed by atoms with E-state index < -0.39 is 6.04 Å². The first kappa shape index (κ1) is 24.4. The molecule has 0 spiro atoms. The van der Waals surface area contributed by atoms with Crippen LogP contribution >= 0.6 is 24.8 Å². The maximum absolute atomic E-state index is 13.7. The zero-order valence-corrected chi connectivity index (χ0v) is 17.9. The highest BCUT2D eigenvalue weighted by Gasteiger charge is 2.25. The summed E-state index contributed by atoms with van der Waals surface area (Å²) >= 11 is 0. The van der Waals surface area contributed by atoms with Gasteiger partial charge in [-0.25, -0.2) is 9.37 Å². The summed E-state index contributed by atoms with van der Waals surface area (Å²) in [4.78, 5) is 17.1. The monoisotopic (exact) mass is 430 g/mol. The van der Waals surface area contributed by atoms with Crippen molar-refractivity contribution in [2.75, 3.05) is 13.1 Å². The van der Waals surface area contributed by atoms with Crippen LogP contribution in [0.1, 0.15) is 43.6 Å². The third kappa shape index (κ3) is 6.19. The van der Waals surface area contributed by atoms with Crippen LogP contribution < -0.4 is 10.6 Å². The van der Waals surface area contributed by atoms with Crippen molar-refractivity contribution in [1.82, 2.24) is 20.2 Å². The van der Waals surface area contributed by atoms with Gasteiger partial charge in [-0.1, -0.05) is 19.1 Å². The molecule has 2 N–H and O–H groups in total. The van der Waals surface area contributed by atoms with Gasteiger partial charge in [-0.3, -0.25) is 4.79 Å². The molecule has 1 aliphatic rings. The first-order valence-electron chi connectivity index (χ1n) is 9.27. The van der Waals surface area contributed by atoms with E-state index in [9.17, 15) is 9.18 Å². The van der Waals surface area contributed by atoms with Gasteiger partial charge in [0.1, 0.15) is 17.7 Å². The van der Waals surface area contributed by atoms with Crippen LogP contribution in [-0.4, -0.2) is 28.5 Å². The maximum atomic E-state index is 13.7. The number of piperidine rings is 1. The lowest BCUT2D eigenvalue weighted by Crippen LogP contribution is -2.35. The summed E-state index contributed by atoms with van der Waals surface area (Å²) in [5.41, 5.74) is 0.696. The molecule has 2 atom stereocenters. The minimum Gasteiger partial charge on any atom is -0.342 e. The number of aromatic nitrogens is 2. The average molecular weight is 431 g/mol. The predicted octanol–water partition coefficient (Wildman–Crippen LogP) is 3.63. The van der Waals surface area contributed by atoms with E-state index in [2.05, 4.69) is 22.5 Å². The summed E-state index contributed by atoms with van der Waals surface area (Å²) in [5, 5.41) is 6.43. The van der Waals surface area contributed by atoms with Crippen LogP contribution in [0, 0.1) is 17.7 Å². The Labute approximate surface area is 178 Å². The number of aryl methyl sites for hydroxylation is 1. The van der Waals surface area contributed by atoms with E-state index in [0.717, 1.165) is 25.9 Å². The Morgan fingerprint density at radius 1 is 1.36 bits per heavy atom. The second kappa shape index (κ2) is 11.4. The Morgan fingerprint density at radius 3 is 2.68 bits per heavy atom. The van der Waals surface area contributed by atoms with Gasteiger partial charge in [0.05, 0.1) is 0 Å². The number of benzene rings is 1. The van der Waals surface area contributed by atoms with Crippen molar-refractivity contribution in [2.45, 2.75) is 32.2 Å². The second-order valence-corrected chi connectivity index (χ2v) is 7.22. The highest BCUT2D eigenvalue weighted by molar-refractivity contribution is 5.85. The molecule has 1 saturated heterocycles. The highest BCUT2D eigenvalue weighted by atomic mass is 35.5. The van der Waals surface area contributed by atoms with Crippen molar-refractivity contribution in [1.29, 1.82) is 0 Å². The van der Waals surface area contributed by atoms with Gasteiger partial charge in [-0.2, -0.15) is 0 Å². The molecule has 2 aromatic rings. The van der Waals surface area contributed by atoms with E-state index in [4.69, 9.17) is 0 Å². The molecule has 0 aliphatic carbocycles. The van der Waals surface area contributed by atoms with Gasteiger partial charge in [-0.05, 0) is 55.5 Å². The van der Waals surface area contributed by atoms with Gasteiger partial charge in [0.2, 0.25) is 5.91 Å². The number of hydrogen-bond donors (Lipinski definition) is 2. The molecule has 1 fully saturated rings. The quantitative estimate of drug-likeness (QED) is 0.735. The summed E-state index contributed by atoms with van der Waals surface area (Å²) in [6.07, 6.45) is 6.21. The first-order chi connectivity index (χ1) is 12.5. The highest BCUT2D eigenvalue weighted by Crippen LogP contribution is 2.26. The number of carbonyl (C=O) groups excluding carboxylic acids is 1. The van der Waals surface area contributed by atoms with Gasteiger partial charge in [0.15, 0.2) is 0 Å². The number of hydrogen-bond acceptors (Lipinski definition) is 3. The fourth-order valence-corrected chi connectivity index (χ4v) is 3.73. The zero-order chi connectivity index (χ0) is 18.5. The SMILES string of the molecule is CC(CC(=O)NC(c1cccc(F)c1)c1nccn1C)C1CCNCC1.Cl.Cl. The maximum Gasteiger partial charge on any atom is 0.221 e. The number of amides is 1. The van der Waals surface area contributed by atoms with Crippen LogP contribution in [0.4, 0.5) is 4.39 Å². The predicted molar refractivity (Wildman–Crippen MR) is 113 cm³/mol. The molecule has 156 valence electrons. The molecule has 1 aliphatic heterocycles. The van der Waals surface area contributed by atoms with E-state index in [1.807, 2.05) is 23.9 Å². The normalized spacial score (nSPS) is 16.4. The molecule has 28 heavy (non-hydrogen) atoms. The standard InChI is InChI=1S/C20H27FN4O.2ClH/c1-14(15-6-8-22-9-7-15)12-18(26)24-19(20-23-10-11-25(20)2)16-4-3-5-17(21)13-16;;/h3-5,10-11,13-15,19,22H,6-9,12H2,1-2H3,(H,24,26);2*1H. The number of halogens is 3. The molecule has 2 unspecified atom stereocenters. The molecule has 0 saturated carbocycles. The molecular weight excluding hydrogens is 402 g/mol. The van der Waals surface area contributed by atoms with Crippen LogP contribution in [0.15, 0.2) is 36.7 Å². The van der Waals surface area contributed by atoms with Crippen LogP contribution in [0.2, 0.25) is 0 Å². The minimum absolute atomic E-state index is 0. The third-order valence-corrected chi connectivity index (χ3v) is 5.30. The lowest BCUT2D eigenvalue weighted by atomic mass is 9.84. The van der Waals surface area contributed by atoms with Crippen molar-refractivity contribution in [3.8, 4) is 0 Å². The minimum atomic E-state index is -0.460. The van der Waals surface area contributed by atoms with E-state index in [1.165, 1.54) is 12.1 Å². The smallest absolute Gasteiger partial charge is 0.221 e.